The molecule has 0 aliphatic carbocycles. The van der Waals surface area contributed by atoms with Crippen LogP contribution in [0.2, 0.25) is 0 Å². The number of hydrogen-bond acceptors (Lipinski definition) is 13. The summed E-state index contributed by atoms with van der Waals surface area (Å²) >= 11 is 0. The molecular formula is C24H40N4O12. The number of carbonyl (C=O) groups is 6. The van der Waals surface area contributed by atoms with Gasteiger partial charge in [0, 0.05) is 47.2 Å². The molecule has 1 aliphatic rings. The molecule has 1 aliphatic heterocycles. The minimum atomic E-state index is -1.22. The van der Waals surface area contributed by atoms with E-state index in [-0.39, 0.29) is 57.8 Å². The summed E-state index contributed by atoms with van der Waals surface area (Å²) in [5.74, 6) is -3.02. The van der Waals surface area contributed by atoms with Gasteiger partial charge in [-0.2, -0.15) is 0 Å². The summed E-state index contributed by atoms with van der Waals surface area (Å²) in [6.07, 6.45) is -4.01. The second-order valence-corrected chi connectivity index (χ2v) is 8.71. The molecule has 1 heterocycles. The molecule has 5 unspecified atom stereocenters. The van der Waals surface area contributed by atoms with Gasteiger partial charge in [0.25, 0.3) is 0 Å². The van der Waals surface area contributed by atoms with Crippen LogP contribution in [0.3, 0.4) is 0 Å². The van der Waals surface area contributed by atoms with E-state index in [4.69, 9.17) is 34.2 Å². The van der Waals surface area contributed by atoms with E-state index in [9.17, 15) is 28.8 Å². The summed E-state index contributed by atoms with van der Waals surface area (Å²) in [5, 5.41) is 7.85. The normalized spacial score (nSPS) is 22.0. The molecule has 1 rings (SSSR count). The standard InChI is InChI=1S/C24H40N4O12/c1-14(29)28-21-23(39-17(4)32)22(38-16(3)31)18(13-37-15(2)30)40-24(21)36-11-10-35-9-8-27-19(33)6-5-7-26-20(34)12-25/h18,21-24H,5-13,25H2,1-4H3,(H,26,34)(H,27,33)(H,28,29). The van der Waals surface area contributed by atoms with Crippen LogP contribution in [0.4, 0.5) is 0 Å². The van der Waals surface area contributed by atoms with Gasteiger partial charge in [-0.15, -0.1) is 0 Å². The van der Waals surface area contributed by atoms with Gasteiger partial charge in [-0.3, -0.25) is 28.8 Å². The van der Waals surface area contributed by atoms with Crippen molar-refractivity contribution in [3.8, 4) is 0 Å². The van der Waals surface area contributed by atoms with E-state index in [2.05, 4.69) is 16.0 Å². The number of rotatable bonds is 17. The van der Waals surface area contributed by atoms with Crippen LogP contribution in [0.5, 0.6) is 0 Å². The highest BCUT2D eigenvalue weighted by Crippen LogP contribution is 2.28. The summed E-state index contributed by atoms with van der Waals surface area (Å²) in [6.45, 7) is 5.09. The van der Waals surface area contributed by atoms with Gasteiger partial charge in [-0.05, 0) is 6.42 Å². The molecule has 40 heavy (non-hydrogen) atoms. The van der Waals surface area contributed by atoms with Crippen molar-refractivity contribution in [1.82, 2.24) is 16.0 Å². The van der Waals surface area contributed by atoms with Crippen molar-refractivity contribution < 1.29 is 57.2 Å². The van der Waals surface area contributed by atoms with Gasteiger partial charge >= 0.3 is 17.9 Å². The number of nitrogens with one attached hydrogen (secondary N) is 3. The highest BCUT2D eigenvalue weighted by Gasteiger charge is 2.51. The first-order chi connectivity index (χ1) is 18.9. The monoisotopic (exact) mass is 576 g/mol. The fourth-order valence-corrected chi connectivity index (χ4v) is 3.66. The van der Waals surface area contributed by atoms with E-state index >= 15 is 0 Å². The number of esters is 3. The maximum atomic E-state index is 11.9. The lowest BCUT2D eigenvalue weighted by molar-refractivity contribution is -0.279. The zero-order valence-electron chi connectivity index (χ0n) is 23.2. The Labute approximate surface area is 232 Å². The molecule has 5 N–H and O–H groups in total. The minimum Gasteiger partial charge on any atom is -0.463 e. The average molecular weight is 577 g/mol. The number of nitrogens with two attached hydrogens (primary N) is 1. The summed E-state index contributed by atoms with van der Waals surface area (Å²) in [7, 11) is 0. The Bertz CT molecular complexity index is 871. The molecule has 16 heteroatoms. The molecule has 3 amide bonds. The Morgan fingerprint density at radius 2 is 1.45 bits per heavy atom. The van der Waals surface area contributed by atoms with Gasteiger partial charge < -0.3 is 50.1 Å². The largest absolute Gasteiger partial charge is 0.463 e. The van der Waals surface area contributed by atoms with E-state index in [0.717, 1.165) is 13.8 Å². The Kier molecular flexibility index (Phi) is 16.4. The molecule has 0 spiro atoms. The van der Waals surface area contributed by atoms with Crippen LogP contribution in [0, 0.1) is 0 Å². The third-order valence-electron chi connectivity index (χ3n) is 5.24. The van der Waals surface area contributed by atoms with Crippen molar-refractivity contribution in [1.29, 1.82) is 0 Å². The minimum absolute atomic E-state index is 0.0269. The van der Waals surface area contributed by atoms with Crippen LogP contribution < -0.4 is 21.7 Å². The Morgan fingerprint density at radius 1 is 0.800 bits per heavy atom. The summed E-state index contributed by atoms with van der Waals surface area (Å²) in [6, 6.07) is -1.08. The highest BCUT2D eigenvalue weighted by atomic mass is 16.7. The van der Waals surface area contributed by atoms with Crippen LogP contribution in [0.1, 0.15) is 40.5 Å². The zero-order valence-corrected chi connectivity index (χ0v) is 23.2. The van der Waals surface area contributed by atoms with Crippen LogP contribution in [0.25, 0.3) is 0 Å². The molecule has 1 fully saturated rings. The number of ether oxygens (including phenoxy) is 6. The van der Waals surface area contributed by atoms with E-state index in [1.54, 1.807) is 0 Å². The van der Waals surface area contributed by atoms with Crippen molar-refractivity contribution in [2.75, 3.05) is 46.1 Å². The average Bonchev–Trinajstić information content (AvgIpc) is 2.87. The highest BCUT2D eigenvalue weighted by molar-refractivity contribution is 5.78. The maximum absolute atomic E-state index is 11.9. The second-order valence-electron chi connectivity index (χ2n) is 8.71. The SMILES string of the molecule is CC(=O)NC1C(OCCOCCNC(=O)CCCNC(=O)CN)OC(COC(C)=O)C(OC(C)=O)C1OC(C)=O. The third-order valence-corrected chi connectivity index (χ3v) is 5.24. The van der Waals surface area contributed by atoms with E-state index in [1.165, 1.54) is 13.8 Å². The topological polar surface area (TPSA) is 220 Å². The molecular weight excluding hydrogens is 536 g/mol. The van der Waals surface area contributed by atoms with Gasteiger partial charge in [-0.1, -0.05) is 0 Å². The summed E-state index contributed by atoms with van der Waals surface area (Å²) in [5.41, 5.74) is 5.18. The van der Waals surface area contributed by atoms with Crippen molar-refractivity contribution in [3.05, 3.63) is 0 Å². The fraction of sp³-hybridized carbons (Fsp3) is 0.750. The Morgan fingerprint density at radius 3 is 2.05 bits per heavy atom. The lowest BCUT2D eigenvalue weighted by Gasteiger charge is -2.44. The second kappa shape index (κ2) is 18.9. The molecule has 0 aromatic rings. The molecule has 0 aromatic carbocycles. The Hall–Kier alpha value is -3.34. The van der Waals surface area contributed by atoms with Crippen LogP contribution in [-0.4, -0.2) is 112 Å². The van der Waals surface area contributed by atoms with E-state index < -0.39 is 54.5 Å². The first-order valence-electron chi connectivity index (χ1n) is 12.8. The smallest absolute Gasteiger partial charge is 0.303 e. The maximum Gasteiger partial charge on any atom is 0.303 e. The first-order valence-corrected chi connectivity index (χ1v) is 12.8. The van der Waals surface area contributed by atoms with E-state index in [1.807, 2.05) is 0 Å². The van der Waals surface area contributed by atoms with Crippen molar-refractivity contribution in [2.24, 2.45) is 5.73 Å². The van der Waals surface area contributed by atoms with Crippen LogP contribution >= 0.6 is 0 Å². The quantitative estimate of drug-likeness (QED) is 0.0810. The van der Waals surface area contributed by atoms with Gasteiger partial charge in [0.05, 0.1) is 26.4 Å². The number of hydrogen-bond donors (Lipinski definition) is 4. The number of amides is 3. The third kappa shape index (κ3) is 14.2. The molecule has 0 radical (unpaired) electrons. The summed E-state index contributed by atoms with van der Waals surface area (Å²) in [4.78, 5) is 69.8. The molecule has 228 valence electrons. The first kappa shape index (κ1) is 34.7. The predicted octanol–water partition coefficient (Wildman–Crippen LogP) is -2.35. The summed E-state index contributed by atoms with van der Waals surface area (Å²) < 4.78 is 32.8. The fourth-order valence-electron chi connectivity index (χ4n) is 3.66. The molecule has 16 nitrogen and oxygen atoms in total. The van der Waals surface area contributed by atoms with Crippen molar-refractivity contribution in [3.63, 3.8) is 0 Å². The molecule has 0 bridgehead atoms. The van der Waals surface area contributed by atoms with Gasteiger partial charge in [0.2, 0.25) is 17.7 Å². The number of carbonyl (C=O) groups excluding carboxylic acids is 6. The molecule has 5 atom stereocenters. The Balaban J connectivity index is 2.67. The van der Waals surface area contributed by atoms with Crippen molar-refractivity contribution in [2.45, 2.75) is 71.2 Å². The van der Waals surface area contributed by atoms with Gasteiger partial charge in [0.1, 0.15) is 18.8 Å². The van der Waals surface area contributed by atoms with Gasteiger partial charge in [-0.25, -0.2) is 0 Å². The molecule has 1 saturated heterocycles. The molecule has 0 saturated carbocycles. The van der Waals surface area contributed by atoms with Crippen LogP contribution in [0.15, 0.2) is 0 Å². The molecule has 0 aromatic heterocycles. The van der Waals surface area contributed by atoms with E-state index in [0.29, 0.717) is 13.0 Å². The van der Waals surface area contributed by atoms with Gasteiger partial charge in [0.15, 0.2) is 18.5 Å². The predicted molar refractivity (Wildman–Crippen MR) is 135 cm³/mol. The lowest BCUT2D eigenvalue weighted by Crippen LogP contribution is -2.66. The van der Waals surface area contributed by atoms with Crippen molar-refractivity contribution >= 4 is 35.6 Å². The lowest BCUT2D eigenvalue weighted by atomic mass is 9.96. The zero-order chi connectivity index (χ0) is 30.1. The van der Waals surface area contributed by atoms with Crippen LogP contribution in [-0.2, 0) is 57.2 Å².